The van der Waals surface area contributed by atoms with Gasteiger partial charge in [-0.3, -0.25) is 15.1 Å². The molecule has 0 fully saturated rings. The quantitative estimate of drug-likeness (QED) is 0.789. The summed E-state index contributed by atoms with van der Waals surface area (Å²) in [5.74, 6) is -0.391. The Labute approximate surface area is 132 Å². The van der Waals surface area contributed by atoms with E-state index in [0.717, 1.165) is 0 Å². The summed E-state index contributed by atoms with van der Waals surface area (Å²) < 4.78 is 9.68. The number of anilines is 2. The molecule has 0 aliphatic heterocycles. The van der Waals surface area contributed by atoms with Gasteiger partial charge in [-0.15, -0.1) is 0 Å². The zero-order chi connectivity index (χ0) is 16.5. The van der Waals surface area contributed by atoms with Crippen molar-refractivity contribution in [2.24, 2.45) is 0 Å². The summed E-state index contributed by atoms with van der Waals surface area (Å²) in [4.78, 5) is 31.3. The summed E-state index contributed by atoms with van der Waals surface area (Å²) >= 11 is 0. The molecule has 120 valence electrons. The van der Waals surface area contributed by atoms with Crippen molar-refractivity contribution >= 4 is 23.4 Å². The summed E-state index contributed by atoms with van der Waals surface area (Å²) in [6.07, 6.45) is 3.68. The van der Waals surface area contributed by atoms with E-state index in [0.29, 0.717) is 18.0 Å². The molecule has 0 atom stereocenters. The second-order valence-corrected chi connectivity index (χ2v) is 4.38. The Morgan fingerprint density at radius 1 is 1.13 bits per heavy atom. The van der Waals surface area contributed by atoms with E-state index < -0.39 is 12.0 Å². The molecule has 23 heavy (non-hydrogen) atoms. The first-order valence-electron chi connectivity index (χ1n) is 6.79. The highest BCUT2D eigenvalue weighted by molar-refractivity contribution is 6.03. The van der Waals surface area contributed by atoms with Crippen LogP contribution in [-0.4, -0.2) is 42.3 Å². The lowest BCUT2D eigenvalue weighted by Crippen LogP contribution is -2.17. The number of hydrogen-bond donors (Lipinski definition) is 2. The number of carbonyl (C=O) groups is 2. The molecular formula is C15H16N4O4. The van der Waals surface area contributed by atoms with Crippen molar-refractivity contribution in [1.82, 2.24) is 9.97 Å². The van der Waals surface area contributed by atoms with Gasteiger partial charge >= 0.3 is 6.09 Å². The maximum Gasteiger partial charge on any atom is 0.411 e. The minimum Gasteiger partial charge on any atom is -0.447 e. The number of rotatable bonds is 6. The van der Waals surface area contributed by atoms with Crippen LogP contribution in [0.2, 0.25) is 0 Å². The average Bonchev–Trinajstić information content (AvgIpc) is 2.56. The topological polar surface area (TPSA) is 102 Å². The third-order valence-electron chi connectivity index (χ3n) is 2.68. The fourth-order valence-electron chi connectivity index (χ4n) is 1.66. The van der Waals surface area contributed by atoms with Crippen molar-refractivity contribution in [2.75, 3.05) is 31.0 Å². The number of hydrogen-bond acceptors (Lipinski definition) is 6. The second-order valence-electron chi connectivity index (χ2n) is 4.38. The van der Waals surface area contributed by atoms with Crippen LogP contribution in [-0.2, 0) is 9.47 Å². The molecule has 1 aromatic carbocycles. The van der Waals surface area contributed by atoms with Gasteiger partial charge in [-0.2, -0.15) is 0 Å². The smallest absolute Gasteiger partial charge is 0.411 e. The Kier molecular flexibility index (Phi) is 6.01. The van der Waals surface area contributed by atoms with Gasteiger partial charge < -0.3 is 14.8 Å². The SMILES string of the molecule is COCCOC(=O)Nc1cccc(NC(=O)c2cnccn2)c1. The Balaban J connectivity index is 1.94. The van der Waals surface area contributed by atoms with Gasteiger partial charge in [0.25, 0.3) is 5.91 Å². The third kappa shape index (κ3) is 5.36. The van der Waals surface area contributed by atoms with Crippen LogP contribution in [0.5, 0.6) is 0 Å². The van der Waals surface area contributed by atoms with Gasteiger partial charge in [-0.25, -0.2) is 9.78 Å². The zero-order valence-electron chi connectivity index (χ0n) is 12.5. The molecule has 0 saturated carbocycles. The van der Waals surface area contributed by atoms with Crippen LogP contribution in [0.1, 0.15) is 10.5 Å². The van der Waals surface area contributed by atoms with Crippen LogP contribution >= 0.6 is 0 Å². The summed E-state index contributed by atoms with van der Waals surface area (Å²) in [5.41, 5.74) is 1.20. The van der Waals surface area contributed by atoms with E-state index in [4.69, 9.17) is 9.47 Å². The maximum atomic E-state index is 12.0. The Hall–Kier alpha value is -3.00. The van der Waals surface area contributed by atoms with Crippen molar-refractivity contribution in [2.45, 2.75) is 0 Å². The molecule has 8 heteroatoms. The molecule has 2 amide bonds. The van der Waals surface area contributed by atoms with Crippen LogP contribution in [0.15, 0.2) is 42.9 Å². The van der Waals surface area contributed by atoms with E-state index in [1.54, 1.807) is 24.3 Å². The summed E-state index contributed by atoms with van der Waals surface area (Å²) in [6, 6.07) is 6.66. The number of ether oxygens (including phenoxy) is 2. The van der Waals surface area contributed by atoms with E-state index in [1.807, 2.05) is 0 Å². The molecule has 0 unspecified atom stereocenters. The lowest BCUT2D eigenvalue weighted by Gasteiger charge is -2.09. The normalized spacial score (nSPS) is 9.96. The van der Waals surface area contributed by atoms with E-state index in [2.05, 4.69) is 20.6 Å². The number of methoxy groups -OCH3 is 1. The fourth-order valence-corrected chi connectivity index (χ4v) is 1.66. The number of nitrogens with one attached hydrogen (secondary N) is 2. The Bertz CT molecular complexity index is 664. The number of carbonyl (C=O) groups excluding carboxylic acids is 2. The van der Waals surface area contributed by atoms with E-state index >= 15 is 0 Å². The molecule has 0 radical (unpaired) electrons. The van der Waals surface area contributed by atoms with Crippen LogP contribution in [0, 0.1) is 0 Å². The Morgan fingerprint density at radius 3 is 2.61 bits per heavy atom. The predicted octanol–water partition coefficient (Wildman–Crippen LogP) is 1.92. The van der Waals surface area contributed by atoms with Crippen molar-refractivity contribution in [3.05, 3.63) is 48.5 Å². The standard InChI is InChI=1S/C15H16N4O4/c1-22-7-8-23-15(21)19-12-4-2-3-11(9-12)18-14(20)13-10-16-5-6-17-13/h2-6,9-10H,7-8H2,1H3,(H,18,20)(H,19,21). The first kappa shape index (κ1) is 16.4. The molecule has 1 aromatic heterocycles. The molecule has 2 rings (SSSR count). The van der Waals surface area contributed by atoms with Gasteiger partial charge in [0.15, 0.2) is 0 Å². The van der Waals surface area contributed by atoms with Crippen molar-refractivity contribution in [3.8, 4) is 0 Å². The Morgan fingerprint density at radius 2 is 1.91 bits per heavy atom. The molecule has 2 N–H and O–H groups in total. The van der Waals surface area contributed by atoms with Gasteiger partial charge in [0.05, 0.1) is 12.8 Å². The number of aromatic nitrogens is 2. The minimum absolute atomic E-state index is 0.158. The largest absolute Gasteiger partial charge is 0.447 e. The molecule has 0 aliphatic rings. The molecule has 0 spiro atoms. The number of benzene rings is 1. The summed E-state index contributed by atoms with van der Waals surface area (Å²) in [7, 11) is 1.52. The van der Waals surface area contributed by atoms with Crippen LogP contribution in [0.4, 0.5) is 16.2 Å². The highest BCUT2D eigenvalue weighted by Gasteiger charge is 2.08. The average molecular weight is 316 g/mol. The molecule has 0 aliphatic carbocycles. The van der Waals surface area contributed by atoms with Crippen LogP contribution in [0.3, 0.4) is 0 Å². The molecule has 0 saturated heterocycles. The van der Waals surface area contributed by atoms with Crippen LogP contribution < -0.4 is 10.6 Å². The lowest BCUT2D eigenvalue weighted by atomic mass is 10.2. The van der Waals surface area contributed by atoms with E-state index in [9.17, 15) is 9.59 Å². The van der Waals surface area contributed by atoms with Gasteiger partial charge in [0.2, 0.25) is 0 Å². The van der Waals surface area contributed by atoms with Crippen molar-refractivity contribution in [1.29, 1.82) is 0 Å². The van der Waals surface area contributed by atoms with Crippen LogP contribution in [0.25, 0.3) is 0 Å². The highest BCUT2D eigenvalue weighted by atomic mass is 16.6. The van der Waals surface area contributed by atoms with Gasteiger partial charge in [-0.05, 0) is 18.2 Å². The molecule has 8 nitrogen and oxygen atoms in total. The summed E-state index contributed by atoms with van der Waals surface area (Å²) in [6.45, 7) is 0.479. The van der Waals surface area contributed by atoms with E-state index in [-0.39, 0.29) is 12.3 Å². The number of nitrogens with zero attached hydrogens (tertiary/aromatic N) is 2. The number of amides is 2. The van der Waals surface area contributed by atoms with Gasteiger partial charge in [-0.1, -0.05) is 6.07 Å². The molecule has 0 bridgehead atoms. The molecule has 2 aromatic rings. The zero-order valence-corrected chi connectivity index (χ0v) is 12.5. The van der Waals surface area contributed by atoms with Crippen molar-refractivity contribution < 1.29 is 19.1 Å². The minimum atomic E-state index is -0.598. The van der Waals surface area contributed by atoms with Gasteiger partial charge in [0.1, 0.15) is 12.3 Å². The summed E-state index contributed by atoms with van der Waals surface area (Å²) in [5, 5.41) is 5.23. The third-order valence-corrected chi connectivity index (χ3v) is 2.68. The first-order valence-corrected chi connectivity index (χ1v) is 6.79. The van der Waals surface area contributed by atoms with E-state index in [1.165, 1.54) is 25.7 Å². The molecule has 1 heterocycles. The molecular weight excluding hydrogens is 300 g/mol. The second kappa shape index (κ2) is 8.44. The van der Waals surface area contributed by atoms with Crippen molar-refractivity contribution in [3.63, 3.8) is 0 Å². The predicted molar refractivity (Wildman–Crippen MR) is 83.3 cm³/mol. The first-order chi connectivity index (χ1) is 11.2. The van der Waals surface area contributed by atoms with Gasteiger partial charge in [0, 0.05) is 30.9 Å². The lowest BCUT2D eigenvalue weighted by molar-refractivity contribution is 0.102. The highest BCUT2D eigenvalue weighted by Crippen LogP contribution is 2.16. The fraction of sp³-hybridized carbons (Fsp3) is 0.200. The monoisotopic (exact) mass is 316 g/mol. The maximum absolute atomic E-state index is 12.0.